The molecular weight excluding hydrogens is 446 g/mol. The maximum Gasteiger partial charge on any atom is 0.258 e. The van der Waals surface area contributed by atoms with E-state index in [1.165, 1.54) is 22.2 Å². The lowest BCUT2D eigenvalue weighted by atomic mass is 10.2. The molecule has 4 heterocycles. The average Bonchev–Trinajstić information content (AvgIpc) is 3.39. The summed E-state index contributed by atoms with van der Waals surface area (Å²) in [6.07, 6.45) is 3.22. The molecule has 5 aromatic rings. The molecular formula is C23H18ClN5O2S. The van der Waals surface area contributed by atoms with Crippen LogP contribution in [0.4, 0.5) is 0 Å². The summed E-state index contributed by atoms with van der Waals surface area (Å²) in [5.74, 6) is 2.00. The van der Waals surface area contributed by atoms with Gasteiger partial charge < -0.3 is 4.42 Å². The lowest BCUT2D eigenvalue weighted by Gasteiger charge is -2.10. The summed E-state index contributed by atoms with van der Waals surface area (Å²) in [7, 11) is 0. The zero-order valence-corrected chi connectivity index (χ0v) is 18.7. The van der Waals surface area contributed by atoms with Crippen molar-refractivity contribution in [3.63, 3.8) is 0 Å². The van der Waals surface area contributed by atoms with Crippen LogP contribution in [-0.2, 0) is 12.3 Å². The summed E-state index contributed by atoms with van der Waals surface area (Å²) in [6, 6.07) is 17.0. The van der Waals surface area contributed by atoms with Crippen LogP contribution in [0.15, 0.2) is 81.4 Å². The summed E-state index contributed by atoms with van der Waals surface area (Å²) in [4.78, 5) is 17.1. The molecule has 0 N–H and O–H groups in total. The first kappa shape index (κ1) is 20.5. The van der Waals surface area contributed by atoms with E-state index < -0.39 is 0 Å². The van der Waals surface area contributed by atoms with E-state index in [2.05, 4.69) is 31.9 Å². The van der Waals surface area contributed by atoms with Gasteiger partial charge in [0.15, 0.2) is 11.0 Å². The van der Waals surface area contributed by atoms with Gasteiger partial charge in [-0.1, -0.05) is 53.7 Å². The number of halogens is 1. The highest BCUT2D eigenvalue weighted by atomic mass is 35.5. The van der Waals surface area contributed by atoms with E-state index in [1.807, 2.05) is 31.2 Å². The van der Waals surface area contributed by atoms with Gasteiger partial charge in [-0.3, -0.25) is 13.8 Å². The van der Waals surface area contributed by atoms with Crippen LogP contribution in [-0.4, -0.2) is 24.1 Å². The molecule has 0 aliphatic carbocycles. The van der Waals surface area contributed by atoms with Crippen molar-refractivity contribution < 1.29 is 4.42 Å². The quantitative estimate of drug-likeness (QED) is 0.335. The van der Waals surface area contributed by atoms with E-state index >= 15 is 0 Å². The summed E-state index contributed by atoms with van der Waals surface area (Å²) in [5, 5.41) is 10.1. The number of furan rings is 1. The third-order valence-electron chi connectivity index (χ3n) is 5.03. The highest BCUT2D eigenvalue weighted by molar-refractivity contribution is 7.98. The monoisotopic (exact) mass is 463 g/mol. The second-order valence-corrected chi connectivity index (χ2v) is 8.60. The van der Waals surface area contributed by atoms with Crippen molar-refractivity contribution in [2.45, 2.75) is 24.4 Å². The van der Waals surface area contributed by atoms with Gasteiger partial charge in [0.2, 0.25) is 0 Å². The minimum absolute atomic E-state index is 0.173. The van der Waals surface area contributed by atoms with Crippen molar-refractivity contribution in [2.24, 2.45) is 0 Å². The van der Waals surface area contributed by atoms with Crippen LogP contribution >= 0.6 is 23.4 Å². The van der Waals surface area contributed by atoms with Crippen molar-refractivity contribution in [2.75, 3.05) is 0 Å². The van der Waals surface area contributed by atoms with Gasteiger partial charge in [0.1, 0.15) is 11.4 Å². The first-order valence-corrected chi connectivity index (χ1v) is 11.3. The Labute approximate surface area is 192 Å². The van der Waals surface area contributed by atoms with E-state index in [0.717, 1.165) is 27.9 Å². The summed E-state index contributed by atoms with van der Waals surface area (Å²) in [5.41, 5.74) is 3.08. The normalized spacial score (nSPS) is 11.3. The van der Waals surface area contributed by atoms with Crippen molar-refractivity contribution >= 4 is 29.0 Å². The highest BCUT2D eigenvalue weighted by Gasteiger charge is 2.18. The van der Waals surface area contributed by atoms with E-state index in [9.17, 15) is 4.79 Å². The molecule has 0 bridgehead atoms. The largest absolute Gasteiger partial charge is 0.469 e. The van der Waals surface area contributed by atoms with Crippen LogP contribution in [0.2, 0.25) is 5.02 Å². The fraction of sp³-hybridized carbons (Fsp3) is 0.130. The molecule has 0 saturated heterocycles. The molecule has 0 aliphatic rings. The Kier molecular flexibility index (Phi) is 5.55. The Hall–Kier alpha value is -3.36. The van der Waals surface area contributed by atoms with Crippen LogP contribution in [0.1, 0.15) is 17.0 Å². The summed E-state index contributed by atoms with van der Waals surface area (Å²) < 4.78 is 8.98. The Balaban J connectivity index is 1.48. The number of aryl methyl sites for hydroxylation is 1. The molecule has 160 valence electrons. The smallest absolute Gasteiger partial charge is 0.258 e. The Morgan fingerprint density at radius 2 is 1.94 bits per heavy atom. The van der Waals surface area contributed by atoms with Gasteiger partial charge in [0.25, 0.3) is 5.56 Å². The number of aromatic nitrogens is 5. The highest BCUT2D eigenvalue weighted by Crippen LogP contribution is 2.29. The zero-order valence-electron chi connectivity index (χ0n) is 17.1. The van der Waals surface area contributed by atoms with Crippen LogP contribution < -0.4 is 5.56 Å². The number of thioether (sulfide) groups is 1. The van der Waals surface area contributed by atoms with E-state index in [-0.39, 0.29) is 5.56 Å². The van der Waals surface area contributed by atoms with Gasteiger partial charge in [-0.25, -0.2) is 4.98 Å². The molecule has 7 nitrogen and oxygen atoms in total. The van der Waals surface area contributed by atoms with Gasteiger partial charge in [-0.05, 0) is 30.7 Å². The molecule has 9 heteroatoms. The minimum Gasteiger partial charge on any atom is -0.469 e. The van der Waals surface area contributed by atoms with Crippen LogP contribution in [0.5, 0.6) is 0 Å². The van der Waals surface area contributed by atoms with Gasteiger partial charge >= 0.3 is 0 Å². The van der Waals surface area contributed by atoms with Crippen molar-refractivity contribution in [1.29, 1.82) is 0 Å². The average molecular weight is 464 g/mol. The molecule has 0 radical (unpaired) electrons. The predicted molar refractivity (Wildman–Crippen MR) is 124 cm³/mol. The standard InChI is InChI=1S/C23H18ClN5O2S/c1-15-19(9-10-31-15)22-26-27-23(29(22)12-16-5-3-2-4-6-16)32-14-18-11-21(30)28-13-17(24)7-8-20(28)25-18/h2-11,13H,12,14H2,1H3. The fourth-order valence-corrected chi connectivity index (χ4v) is 4.45. The molecule has 0 amide bonds. The van der Waals surface area contributed by atoms with E-state index in [4.69, 9.17) is 16.0 Å². The second-order valence-electron chi connectivity index (χ2n) is 7.22. The number of fused-ring (bicyclic) bond motifs is 1. The van der Waals surface area contributed by atoms with Crippen molar-refractivity contribution in [1.82, 2.24) is 24.1 Å². The molecule has 5 rings (SSSR count). The van der Waals surface area contributed by atoms with Crippen LogP contribution in [0.3, 0.4) is 0 Å². The first-order valence-electron chi connectivity index (χ1n) is 9.91. The minimum atomic E-state index is -0.173. The van der Waals surface area contributed by atoms with Crippen molar-refractivity contribution in [3.8, 4) is 11.4 Å². The number of pyridine rings is 1. The number of hydrogen-bond donors (Lipinski definition) is 0. The molecule has 1 aromatic carbocycles. The lowest BCUT2D eigenvalue weighted by Crippen LogP contribution is -2.15. The third kappa shape index (κ3) is 4.06. The Morgan fingerprint density at radius 1 is 1.09 bits per heavy atom. The number of hydrogen-bond acceptors (Lipinski definition) is 6. The molecule has 0 spiro atoms. The predicted octanol–water partition coefficient (Wildman–Crippen LogP) is 4.85. The van der Waals surface area contributed by atoms with Crippen molar-refractivity contribution in [3.05, 3.63) is 99.5 Å². The Morgan fingerprint density at radius 3 is 2.72 bits per heavy atom. The topological polar surface area (TPSA) is 78.2 Å². The molecule has 0 fully saturated rings. The van der Waals surface area contributed by atoms with Gasteiger partial charge in [0.05, 0.1) is 29.1 Å². The van der Waals surface area contributed by atoms with Gasteiger partial charge in [-0.15, -0.1) is 10.2 Å². The number of nitrogens with zero attached hydrogens (tertiary/aromatic N) is 5. The number of benzene rings is 1. The van der Waals surface area contributed by atoms with Crippen LogP contribution in [0, 0.1) is 6.92 Å². The van der Waals surface area contributed by atoms with Crippen LogP contribution in [0.25, 0.3) is 17.0 Å². The lowest BCUT2D eigenvalue weighted by molar-refractivity contribution is 0.534. The molecule has 32 heavy (non-hydrogen) atoms. The summed E-state index contributed by atoms with van der Waals surface area (Å²) in [6.45, 7) is 2.52. The molecule has 0 atom stereocenters. The van der Waals surface area contributed by atoms with Gasteiger partial charge in [0, 0.05) is 18.0 Å². The van der Waals surface area contributed by atoms with Gasteiger partial charge in [-0.2, -0.15) is 0 Å². The molecule has 4 aromatic heterocycles. The molecule has 0 aliphatic heterocycles. The zero-order chi connectivity index (χ0) is 22.1. The molecule has 0 saturated carbocycles. The second kappa shape index (κ2) is 8.64. The third-order valence-corrected chi connectivity index (χ3v) is 6.25. The fourth-order valence-electron chi connectivity index (χ4n) is 3.46. The first-order chi connectivity index (χ1) is 15.6. The Bertz CT molecular complexity index is 1460. The SMILES string of the molecule is Cc1occc1-c1nnc(SCc2cc(=O)n3cc(Cl)ccc3n2)n1Cc1ccccc1. The van der Waals surface area contributed by atoms with E-state index in [0.29, 0.717) is 28.7 Å². The summed E-state index contributed by atoms with van der Waals surface area (Å²) >= 11 is 7.48. The maximum absolute atomic E-state index is 12.5. The maximum atomic E-state index is 12.5. The van der Waals surface area contributed by atoms with E-state index in [1.54, 1.807) is 24.6 Å². The molecule has 0 unspecified atom stereocenters. The number of rotatable bonds is 6.